The molecule has 0 aromatic heterocycles. The monoisotopic (exact) mass is 538 g/mol. The van der Waals surface area contributed by atoms with Gasteiger partial charge in [0.25, 0.3) is 0 Å². The Bertz CT molecular complexity index is 1120. The number of ether oxygens (including phenoxy) is 2. The Balaban J connectivity index is 2.02. The van der Waals surface area contributed by atoms with Gasteiger partial charge in [0, 0.05) is 25.0 Å². The lowest BCUT2D eigenvalue weighted by molar-refractivity contribution is -0.137. The van der Waals surface area contributed by atoms with E-state index in [1.807, 2.05) is 24.3 Å². The summed E-state index contributed by atoms with van der Waals surface area (Å²) >= 11 is 0. The number of nitrogens with one attached hydrogen (secondary N) is 3. The van der Waals surface area contributed by atoms with Crippen LogP contribution in [-0.2, 0) is 41.7 Å². The third-order valence-corrected chi connectivity index (χ3v) is 5.32. The fourth-order valence-corrected chi connectivity index (χ4v) is 3.41. The standard InChI is InChI=1S/C28H34N4O7/c1-2-38-26(35)16-14-22(13-15-24(29)33)31-27(36)23(17-20-9-5-3-6-10-20)32-25(34)18-30-28(37)39-19-21-11-7-4-8-12-21/h3-12,14,16,22-23H,2,13,15,17-19H2,1H3,(H2,29,33)(H,30,37)(H,31,36)(H,32,34)/b16-14+/t22-,23-/m0/s1. The number of carbonyl (C=O) groups excluding carboxylic acids is 5. The van der Waals surface area contributed by atoms with Gasteiger partial charge in [0.05, 0.1) is 6.61 Å². The normalized spacial score (nSPS) is 12.1. The maximum Gasteiger partial charge on any atom is 0.407 e. The van der Waals surface area contributed by atoms with Crippen molar-refractivity contribution in [2.45, 2.75) is 44.9 Å². The van der Waals surface area contributed by atoms with Crippen LogP contribution in [-0.4, -0.2) is 55.0 Å². The second kappa shape index (κ2) is 17.0. The molecule has 11 nitrogen and oxygen atoms in total. The number of hydrogen-bond acceptors (Lipinski definition) is 7. The Kier molecular flexibility index (Phi) is 13.3. The van der Waals surface area contributed by atoms with E-state index in [9.17, 15) is 24.0 Å². The molecule has 4 amide bonds. The number of esters is 1. The molecule has 208 valence electrons. The fraction of sp³-hybridized carbons (Fsp3) is 0.321. The molecule has 11 heteroatoms. The van der Waals surface area contributed by atoms with Crippen molar-refractivity contribution in [2.75, 3.05) is 13.2 Å². The Hall–Kier alpha value is -4.67. The smallest absolute Gasteiger partial charge is 0.407 e. The summed E-state index contributed by atoms with van der Waals surface area (Å²) in [6.45, 7) is 1.46. The summed E-state index contributed by atoms with van der Waals surface area (Å²) in [5, 5.41) is 7.71. The number of rotatable bonds is 15. The molecule has 39 heavy (non-hydrogen) atoms. The number of hydrogen-bond donors (Lipinski definition) is 4. The third-order valence-electron chi connectivity index (χ3n) is 5.32. The average Bonchev–Trinajstić information content (AvgIpc) is 2.93. The number of benzene rings is 2. The molecule has 0 aliphatic carbocycles. The van der Waals surface area contributed by atoms with Crippen LogP contribution >= 0.6 is 0 Å². The van der Waals surface area contributed by atoms with Crippen molar-refractivity contribution in [1.29, 1.82) is 0 Å². The van der Waals surface area contributed by atoms with Crippen LogP contribution in [0, 0.1) is 0 Å². The van der Waals surface area contributed by atoms with Crippen LogP contribution in [0.4, 0.5) is 4.79 Å². The molecule has 2 atom stereocenters. The van der Waals surface area contributed by atoms with Crippen molar-refractivity contribution in [3.8, 4) is 0 Å². The minimum absolute atomic E-state index is 0.0389. The van der Waals surface area contributed by atoms with Crippen molar-refractivity contribution in [1.82, 2.24) is 16.0 Å². The number of nitrogens with two attached hydrogens (primary N) is 1. The summed E-state index contributed by atoms with van der Waals surface area (Å²) in [4.78, 5) is 60.8. The first-order valence-corrected chi connectivity index (χ1v) is 12.5. The fourth-order valence-electron chi connectivity index (χ4n) is 3.41. The highest BCUT2D eigenvalue weighted by Gasteiger charge is 2.24. The van der Waals surface area contributed by atoms with E-state index in [4.69, 9.17) is 15.2 Å². The van der Waals surface area contributed by atoms with E-state index >= 15 is 0 Å². The molecule has 0 aliphatic heterocycles. The van der Waals surface area contributed by atoms with Gasteiger partial charge in [-0.05, 0) is 24.5 Å². The number of alkyl carbamates (subject to hydrolysis) is 1. The Morgan fingerprint density at radius 1 is 0.897 bits per heavy atom. The second-order valence-electron chi connectivity index (χ2n) is 8.46. The van der Waals surface area contributed by atoms with Crippen LogP contribution in [0.2, 0.25) is 0 Å². The molecule has 0 unspecified atom stereocenters. The quantitative estimate of drug-likeness (QED) is 0.197. The molecule has 2 aromatic carbocycles. The predicted molar refractivity (Wildman–Crippen MR) is 143 cm³/mol. The van der Waals surface area contributed by atoms with Gasteiger partial charge in [-0.3, -0.25) is 14.4 Å². The van der Waals surface area contributed by atoms with Crippen LogP contribution in [0.15, 0.2) is 72.8 Å². The van der Waals surface area contributed by atoms with E-state index in [0.717, 1.165) is 17.2 Å². The zero-order valence-electron chi connectivity index (χ0n) is 21.8. The third kappa shape index (κ3) is 12.9. The van der Waals surface area contributed by atoms with Crippen LogP contribution in [0.5, 0.6) is 0 Å². The largest absolute Gasteiger partial charge is 0.463 e. The minimum Gasteiger partial charge on any atom is -0.463 e. The van der Waals surface area contributed by atoms with Crippen molar-refractivity contribution in [3.05, 3.63) is 83.9 Å². The van der Waals surface area contributed by atoms with E-state index in [1.165, 1.54) is 6.08 Å². The van der Waals surface area contributed by atoms with E-state index in [0.29, 0.717) is 0 Å². The molecule has 0 saturated carbocycles. The second-order valence-corrected chi connectivity index (χ2v) is 8.46. The predicted octanol–water partition coefficient (Wildman–Crippen LogP) is 1.51. The van der Waals surface area contributed by atoms with Gasteiger partial charge in [0.15, 0.2) is 0 Å². The van der Waals surface area contributed by atoms with Crippen molar-refractivity contribution < 1.29 is 33.4 Å². The highest BCUT2D eigenvalue weighted by Crippen LogP contribution is 2.06. The van der Waals surface area contributed by atoms with Gasteiger partial charge in [0.2, 0.25) is 17.7 Å². The van der Waals surface area contributed by atoms with Gasteiger partial charge < -0.3 is 31.2 Å². The van der Waals surface area contributed by atoms with Gasteiger partial charge in [-0.25, -0.2) is 9.59 Å². The maximum atomic E-state index is 13.2. The zero-order valence-corrected chi connectivity index (χ0v) is 21.8. The number of primary amides is 1. The topological polar surface area (TPSA) is 166 Å². The summed E-state index contributed by atoms with van der Waals surface area (Å²) in [7, 11) is 0. The maximum absolute atomic E-state index is 13.2. The van der Waals surface area contributed by atoms with Gasteiger partial charge in [0.1, 0.15) is 19.2 Å². The summed E-state index contributed by atoms with van der Waals surface area (Å²) in [5.74, 6) is -2.34. The Labute approximate surface area is 227 Å². The lowest BCUT2D eigenvalue weighted by Crippen LogP contribution is -2.52. The molecule has 5 N–H and O–H groups in total. The average molecular weight is 539 g/mol. The number of carbonyl (C=O) groups is 5. The van der Waals surface area contributed by atoms with Crippen LogP contribution in [0.25, 0.3) is 0 Å². The van der Waals surface area contributed by atoms with E-state index < -0.39 is 48.4 Å². The molecule has 0 radical (unpaired) electrons. The SMILES string of the molecule is CCOC(=O)/C=C/[C@H](CCC(N)=O)NC(=O)[C@H](Cc1ccccc1)NC(=O)CNC(=O)OCc1ccccc1. The highest BCUT2D eigenvalue weighted by atomic mass is 16.5. The summed E-state index contributed by atoms with van der Waals surface area (Å²) in [5.41, 5.74) is 6.82. The van der Waals surface area contributed by atoms with E-state index in [2.05, 4.69) is 16.0 Å². The Morgan fingerprint density at radius 2 is 1.54 bits per heavy atom. The summed E-state index contributed by atoms with van der Waals surface area (Å²) in [6.07, 6.45) is 2.03. The van der Waals surface area contributed by atoms with E-state index in [1.54, 1.807) is 43.3 Å². The minimum atomic E-state index is -1.02. The van der Waals surface area contributed by atoms with Gasteiger partial charge in [-0.2, -0.15) is 0 Å². The molecular formula is C28H34N4O7. The van der Waals surface area contributed by atoms with Crippen molar-refractivity contribution in [3.63, 3.8) is 0 Å². The molecule has 0 bridgehead atoms. The number of amides is 4. The molecule has 0 spiro atoms. The van der Waals surface area contributed by atoms with Crippen molar-refractivity contribution >= 4 is 29.8 Å². The molecule has 0 aliphatic rings. The Morgan fingerprint density at radius 3 is 2.15 bits per heavy atom. The van der Waals surface area contributed by atoms with Gasteiger partial charge in [-0.1, -0.05) is 66.7 Å². The van der Waals surface area contributed by atoms with Gasteiger partial charge in [-0.15, -0.1) is 0 Å². The van der Waals surface area contributed by atoms with Crippen LogP contribution < -0.4 is 21.7 Å². The first-order valence-electron chi connectivity index (χ1n) is 12.5. The lowest BCUT2D eigenvalue weighted by atomic mass is 10.0. The molecule has 2 aromatic rings. The molecule has 0 saturated heterocycles. The molecule has 0 fully saturated rings. The van der Waals surface area contributed by atoms with Gasteiger partial charge >= 0.3 is 12.1 Å². The molecule has 0 heterocycles. The molecular weight excluding hydrogens is 504 g/mol. The highest BCUT2D eigenvalue weighted by molar-refractivity contribution is 5.90. The van der Waals surface area contributed by atoms with Crippen LogP contribution in [0.1, 0.15) is 30.9 Å². The first kappa shape index (κ1) is 30.6. The first-order chi connectivity index (χ1) is 18.8. The zero-order chi connectivity index (χ0) is 28.5. The molecule has 2 rings (SSSR count). The van der Waals surface area contributed by atoms with E-state index in [-0.39, 0.29) is 32.5 Å². The summed E-state index contributed by atoms with van der Waals surface area (Å²) in [6, 6.07) is 16.3. The lowest BCUT2D eigenvalue weighted by Gasteiger charge is -2.22. The van der Waals surface area contributed by atoms with Crippen molar-refractivity contribution in [2.24, 2.45) is 5.73 Å². The van der Waals surface area contributed by atoms with Crippen LogP contribution in [0.3, 0.4) is 0 Å². The summed E-state index contributed by atoms with van der Waals surface area (Å²) < 4.78 is 9.96.